The molecule has 106 heavy (non-hydrogen) atoms. The van der Waals surface area contributed by atoms with E-state index in [9.17, 15) is 61.4 Å². The molecule has 4 aliphatic heterocycles. The molecule has 9 rings (SSSR count). The summed E-state index contributed by atoms with van der Waals surface area (Å²) in [5, 5.41) is 30.7. The van der Waals surface area contributed by atoms with E-state index in [1.807, 2.05) is 0 Å². The van der Waals surface area contributed by atoms with Crippen LogP contribution >= 0.6 is 0 Å². The minimum atomic E-state index is -4.76. The fraction of sp³-hybridized carbons (Fsp3) is 0.547. The van der Waals surface area contributed by atoms with Gasteiger partial charge in [-0.2, -0.15) is 13.2 Å². The van der Waals surface area contributed by atoms with Crippen LogP contribution < -0.4 is 37.2 Å². The Morgan fingerprint density at radius 3 is 1.67 bits per heavy atom. The van der Waals surface area contributed by atoms with Crippen molar-refractivity contribution in [1.82, 2.24) is 71.7 Å². The third-order valence-electron chi connectivity index (χ3n) is 20.4. The molecule has 12 amide bonds. The lowest BCUT2D eigenvalue weighted by atomic mass is 9.75. The first kappa shape index (κ1) is 80.2. The number of aliphatic hydroxyl groups is 1. The number of likely N-dealkylation sites (tertiary alicyclic amines) is 1. The number of aliphatic hydroxyl groups excluding tert-OH is 1. The molecule has 4 fully saturated rings. The summed E-state index contributed by atoms with van der Waals surface area (Å²) < 4.78 is 47.8. The van der Waals surface area contributed by atoms with Gasteiger partial charge in [-0.3, -0.25) is 57.5 Å². The lowest BCUT2D eigenvalue weighted by molar-refractivity contribution is -0.149. The highest BCUT2D eigenvalue weighted by Gasteiger charge is 2.47. The van der Waals surface area contributed by atoms with E-state index in [2.05, 4.69) is 68.0 Å². The Labute approximate surface area is 613 Å². The van der Waals surface area contributed by atoms with Gasteiger partial charge in [-0.15, -0.1) is 0 Å². The number of piperidine rings is 1. The van der Waals surface area contributed by atoms with Crippen LogP contribution in [0.5, 0.6) is 0 Å². The number of rotatable bonds is 12. The van der Waals surface area contributed by atoms with Crippen molar-refractivity contribution in [3.8, 4) is 0 Å². The summed E-state index contributed by atoms with van der Waals surface area (Å²) in [4.78, 5) is 189. The van der Waals surface area contributed by atoms with Gasteiger partial charge in [0, 0.05) is 107 Å². The SMILES string of the molecule is CCO[C@@H]1CC2C(=O)NC(CO)C(=O)N[C@H](C(=O)N3CCC(C(C)(C)C)CC3)CC(=O)NC(C)C(=O)N[C@H](Cc3ccc(C(F)(F)F)cc3)C(=O)N[C@H](Cc3c[nH]c4ccccc34)C(=O)N[C@H](Cc3c[nH]c4ccccc34)C(=O)N[C@H](CC(C)C)C(=O)N(C)CC(=O)N(C)CC(=O)N3CCC[C@@H]3C(=O)N2C1. The fourth-order valence-corrected chi connectivity index (χ4v) is 14.4. The van der Waals surface area contributed by atoms with Crippen LogP contribution in [0.15, 0.2) is 85.2 Å². The van der Waals surface area contributed by atoms with Gasteiger partial charge in [0.05, 0.1) is 37.8 Å². The highest BCUT2D eigenvalue weighted by Crippen LogP contribution is 2.35. The van der Waals surface area contributed by atoms with Crippen LogP contribution in [0.3, 0.4) is 0 Å². The Kier molecular flexibility index (Phi) is 26.5. The Bertz CT molecular complexity index is 4040. The van der Waals surface area contributed by atoms with Crippen molar-refractivity contribution in [1.29, 1.82) is 0 Å². The average Bonchev–Trinajstić information content (AvgIpc) is 1.64. The predicted molar refractivity (Wildman–Crippen MR) is 384 cm³/mol. The number of aromatic nitrogens is 2. The number of H-pyrrole nitrogens is 2. The Morgan fingerprint density at radius 1 is 0.594 bits per heavy atom. The molecule has 3 aromatic carbocycles. The molecule has 31 heteroatoms. The molecule has 28 nitrogen and oxygen atoms in total. The van der Waals surface area contributed by atoms with Crippen LogP contribution in [-0.4, -0.2) is 238 Å². The topological polar surface area (TPSA) is 366 Å². The number of nitrogens with one attached hydrogen (secondary N) is 9. The second-order valence-electron chi connectivity index (χ2n) is 29.7. The van der Waals surface area contributed by atoms with Crippen molar-refractivity contribution in [3.63, 3.8) is 0 Å². The molecule has 574 valence electrons. The van der Waals surface area contributed by atoms with Gasteiger partial charge >= 0.3 is 6.18 Å². The van der Waals surface area contributed by atoms with Gasteiger partial charge in [0.15, 0.2) is 0 Å². The van der Waals surface area contributed by atoms with Crippen molar-refractivity contribution in [3.05, 3.63) is 107 Å². The highest BCUT2D eigenvalue weighted by molar-refractivity contribution is 6.01. The van der Waals surface area contributed by atoms with Crippen LogP contribution in [0.1, 0.15) is 116 Å². The van der Waals surface area contributed by atoms with Crippen molar-refractivity contribution >= 4 is 92.7 Å². The molecule has 4 saturated heterocycles. The van der Waals surface area contributed by atoms with Gasteiger partial charge in [-0.25, -0.2) is 0 Å². The van der Waals surface area contributed by atoms with Crippen molar-refractivity contribution in [2.24, 2.45) is 17.3 Å². The van der Waals surface area contributed by atoms with E-state index in [4.69, 9.17) is 4.74 Å². The maximum Gasteiger partial charge on any atom is 0.416 e. The zero-order chi connectivity index (χ0) is 77.1. The van der Waals surface area contributed by atoms with Gasteiger partial charge < -0.3 is 81.5 Å². The number of amides is 12. The molecule has 2 aromatic heterocycles. The summed E-state index contributed by atoms with van der Waals surface area (Å²) in [6, 6.07) is 4.38. The smallest absolute Gasteiger partial charge is 0.394 e. The molecule has 6 heterocycles. The molecule has 0 bridgehead atoms. The van der Waals surface area contributed by atoms with E-state index in [0.29, 0.717) is 52.2 Å². The van der Waals surface area contributed by atoms with Crippen LogP contribution in [0.2, 0.25) is 0 Å². The summed E-state index contributed by atoms with van der Waals surface area (Å²) in [6.45, 7) is 11.3. The summed E-state index contributed by atoms with van der Waals surface area (Å²) in [7, 11) is 2.69. The van der Waals surface area contributed by atoms with Gasteiger partial charge in [-0.05, 0) is 104 Å². The van der Waals surface area contributed by atoms with E-state index in [1.165, 1.54) is 35.7 Å². The zero-order valence-corrected chi connectivity index (χ0v) is 61.4. The normalized spacial score (nSPS) is 25.2. The number of fused-ring (bicyclic) bond motifs is 4. The molecule has 4 aliphatic rings. The summed E-state index contributed by atoms with van der Waals surface area (Å²) in [6.07, 6.45) is -2.32. The monoisotopic (exact) mass is 1480 g/mol. The standard InChI is InChI=1S/C75H99F3N14O14/c1-10-106-49-34-61-70(102)87-59(41-93)69(101)86-58(72(104)90-28-25-47(26-29-90)74(5,6)7)35-62(94)81-43(4)65(97)82-54(31-44-21-23-48(24-22-44)75(76,77)78)66(98)83-55(32-45-36-79-52-18-13-11-16-50(45)52)67(99)84-56(33-46-37-80-53-19-14-12-17-51(46)53)68(100)85-57(30-42(2)3)71(103)89(9)39-63(95)88(8)40-64(96)91-27-15-20-60(91)73(105)92(61)38-49/h11-14,16-19,21-24,36-37,42-43,47,49,54-61,79-80,93H,10,15,20,25-35,38-41H2,1-9H3,(H,81,94)(H,82,97)(H,83,98)(H,84,99)(H,85,100)(H,86,101)(H,87,102)/t43?,49-,54-,55-,56-,57-,58+,59?,60-,61?/m1/s1. The van der Waals surface area contributed by atoms with Crippen LogP contribution in [-0.2, 0) is 87.7 Å². The van der Waals surface area contributed by atoms with E-state index in [-0.39, 0.29) is 87.7 Å². The lowest BCUT2D eigenvalue weighted by Gasteiger charge is -2.40. The maximum atomic E-state index is 15.4. The first-order valence-corrected chi connectivity index (χ1v) is 36.2. The summed E-state index contributed by atoms with van der Waals surface area (Å²) >= 11 is 0. The Balaban J connectivity index is 1.08. The quantitative estimate of drug-likeness (QED) is 0.0859. The molecular weight excluding hydrogens is 1380 g/mol. The number of alkyl halides is 3. The molecule has 5 aromatic rings. The number of aromatic amines is 2. The number of halogens is 3. The van der Waals surface area contributed by atoms with Gasteiger partial charge in [0.1, 0.15) is 54.4 Å². The van der Waals surface area contributed by atoms with Gasteiger partial charge in [0.25, 0.3) is 0 Å². The number of para-hydroxylation sites is 2. The summed E-state index contributed by atoms with van der Waals surface area (Å²) in [5.41, 5.74) is 1.37. The molecule has 3 unspecified atom stereocenters. The fourth-order valence-electron chi connectivity index (χ4n) is 14.4. The number of carbonyl (C=O) groups excluding carboxylic acids is 12. The molecule has 0 spiro atoms. The van der Waals surface area contributed by atoms with Crippen LogP contribution in [0.4, 0.5) is 13.2 Å². The number of carbonyl (C=O) groups is 12. The molecular formula is C75H99F3N14O14. The molecule has 10 atom stereocenters. The number of likely N-dealkylation sites (N-methyl/N-ethyl adjacent to an activating group) is 2. The Hall–Kier alpha value is -9.91. The molecule has 0 radical (unpaired) electrons. The van der Waals surface area contributed by atoms with Crippen molar-refractivity contribution in [2.45, 2.75) is 179 Å². The number of hydrogen-bond acceptors (Lipinski definition) is 14. The number of nitrogens with zero attached hydrogens (tertiary/aromatic N) is 5. The molecule has 0 saturated carbocycles. The molecule has 0 aliphatic carbocycles. The second-order valence-corrected chi connectivity index (χ2v) is 29.7. The van der Waals surface area contributed by atoms with Crippen molar-refractivity contribution in [2.75, 3.05) is 66.6 Å². The second kappa shape index (κ2) is 35.0. The van der Waals surface area contributed by atoms with Crippen LogP contribution in [0.25, 0.3) is 21.8 Å². The van der Waals surface area contributed by atoms with Crippen LogP contribution in [0, 0.1) is 17.3 Å². The lowest BCUT2D eigenvalue weighted by Crippen LogP contribution is -2.60. The van der Waals surface area contributed by atoms with Gasteiger partial charge in [0.2, 0.25) is 70.9 Å². The first-order valence-electron chi connectivity index (χ1n) is 36.2. The third-order valence-corrected chi connectivity index (χ3v) is 20.4. The van der Waals surface area contributed by atoms with E-state index in [0.717, 1.165) is 34.1 Å². The Morgan fingerprint density at radius 2 is 1.12 bits per heavy atom. The number of hydrogen-bond donors (Lipinski definition) is 10. The largest absolute Gasteiger partial charge is 0.416 e. The minimum Gasteiger partial charge on any atom is -0.394 e. The predicted octanol–water partition coefficient (Wildman–Crippen LogP) is 2.75. The van der Waals surface area contributed by atoms with E-state index < -0.39 is 176 Å². The minimum absolute atomic E-state index is 0.0304. The maximum absolute atomic E-state index is 15.4. The number of benzene rings is 3. The highest BCUT2D eigenvalue weighted by atomic mass is 19.4. The first-order chi connectivity index (χ1) is 50.2. The van der Waals surface area contributed by atoms with Crippen molar-refractivity contribution < 1.29 is 80.5 Å². The van der Waals surface area contributed by atoms with Gasteiger partial charge in [-0.1, -0.05) is 83.1 Å². The van der Waals surface area contributed by atoms with E-state index in [1.54, 1.807) is 81.7 Å². The number of ether oxygens (including phenoxy) is 1. The average molecular weight is 1480 g/mol. The zero-order valence-electron chi connectivity index (χ0n) is 61.4. The third kappa shape index (κ3) is 20.2. The molecule has 10 N–H and O–H groups in total. The van der Waals surface area contributed by atoms with E-state index >= 15 is 14.4 Å². The summed E-state index contributed by atoms with van der Waals surface area (Å²) in [5.74, 6) is -10.3.